The molecular formula is C11H19N3OS. The van der Waals surface area contributed by atoms with Gasteiger partial charge in [-0.2, -0.15) is 0 Å². The van der Waals surface area contributed by atoms with Crippen molar-refractivity contribution in [2.45, 2.75) is 44.1 Å². The zero-order chi connectivity index (χ0) is 12.1. The van der Waals surface area contributed by atoms with Crippen molar-refractivity contribution in [2.75, 3.05) is 6.54 Å². The Morgan fingerprint density at radius 3 is 2.81 bits per heavy atom. The predicted molar refractivity (Wildman–Crippen MR) is 68.1 cm³/mol. The maximum absolute atomic E-state index is 11.3. The van der Waals surface area contributed by atoms with Gasteiger partial charge in [-0.05, 0) is 20.4 Å². The number of hydrogen-bond donors (Lipinski definition) is 2. The Bertz CT molecular complexity index is 391. The van der Waals surface area contributed by atoms with E-state index >= 15 is 0 Å². The van der Waals surface area contributed by atoms with E-state index in [9.17, 15) is 4.79 Å². The summed E-state index contributed by atoms with van der Waals surface area (Å²) < 4.78 is 0. The largest absolute Gasteiger partial charge is 0.313 e. The monoisotopic (exact) mass is 241 g/mol. The molecule has 0 saturated carbocycles. The fourth-order valence-electron chi connectivity index (χ4n) is 1.37. The van der Waals surface area contributed by atoms with Crippen LogP contribution in [-0.4, -0.2) is 27.8 Å². The molecule has 0 amide bonds. The number of aromatic nitrogens is 2. The summed E-state index contributed by atoms with van der Waals surface area (Å²) in [5.41, 5.74) is 0.674. The second-order valence-corrected chi connectivity index (χ2v) is 5.23. The van der Waals surface area contributed by atoms with Crippen molar-refractivity contribution in [1.82, 2.24) is 15.3 Å². The first-order valence-electron chi connectivity index (χ1n) is 5.51. The quantitative estimate of drug-likeness (QED) is 0.607. The molecule has 0 aliphatic rings. The van der Waals surface area contributed by atoms with E-state index in [1.54, 1.807) is 11.8 Å². The Kier molecular flexibility index (Phi) is 5.02. The molecule has 1 rings (SSSR count). The van der Waals surface area contributed by atoms with Crippen LogP contribution in [0.1, 0.15) is 26.5 Å². The highest BCUT2D eigenvalue weighted by Gasteiger charge is 2.13. The van der Waals surface area contributed by atoms with Crippen LogP contribution in [0.25, 0.3) is 0 Å². The molecule has 4 nitrogen and oxygen atoms in total. The number of hydrogen-bond acceptors (Lipinski definition) is 4. The highest BCUT2D eigenvalue weighted by Crippen LogP contribution is 2.20. The highest BCUT2D eigenvalue weighted by molar-refractivity contribution is 7.99. The lowest BCUT2D eigenvalue weighted by Crippen LogP contribution is -2.33. The van der Waals surface area contributed by atoms with Gasteiger partial charge in [-0.25, -0.2) is 4.98 Å². The fourth-order valence-corrected chi connectivity index (χ4v) is 2.38. The van der Waals surface area contributed by atoms with Crippen molar-refractivity contribution in [3.63, 3.8) is 0 Å². The normalized spacial score (nSPS) is 14.8. The predicted octanol–water partition coefficient (Wildman–Crippen LogP) is 1.56. The summed E-state index contributed by atoms with van der Waals surface area (Å²) in [4.78, 5) is 18.3. The third-order valence-electron chi connectivity index (χ3n) is 2.38. The van der Waals surface area contributed by atoms with Gasteiger partial charge in [-0.3, -0.25) is 4.79 Å². The molecule has 0 aromatic carbocycles. The Labute approximate surface area is 100 Å². The molecule has 0 radical (unpaired) electrons. The summed E-state index contributed by atoms with van der Waals surface area (Å²) >= 11 is 1.59. The van der Waals surface area contributed by atoms with Crippen LogP contribution in [0.15, 0.2) is 16.0 Å². The lowest BCUT2D eigenvalue weighted by Gasteiger charge is -2.19. The first-order chi connectivity index (χ1) is 7.52. The van der Waals surface area contributed by atoms with E-state index in [0.717, 1.165) is 12.2 Å². The number of aryl methyl sites for hydroxylation is 1. The van der Waals surface area contributed by atoms with Crippen molar-refractivity contribution < 1.29 is 0 Å². The van der Waals surface area contributed by atoms with Crippen LogP contribution in [0, 0.1) is 6.92 Å². The van der Waals surface area contributed by atoms with E-state index in [0.29, 0.717) is 16.4 Å². The molecule has 0 aliphatic carbocycles. The second kappa shape index (κ2) is 6.06. The summed E-state index contributed by atoms with van der Waals surface area (Å²) in [6.45, 7) is 9.12. The minimum atomic E-state index is -0.0849. The van der Waals surface area contributed by atoms with Gasteiger partial charge in [0.2, 0.25) is 0 Å². The van der Waals surface area contributed by atoms with Gasteiger partial charge in [-0.15, -0.1) is 0 Å². The van der Waals surface area contributed by atoms with E-state index in [2.05, 4.69) is 36.1 Å². The van der Waals surface area contributed by atoms with Crippen LogP contribution in [0.5, 0.6) is 0 Å². The molecule has 1 aromatic heterocycles. The van der Waals surface area contributed by atoms with Crippen molar-refractivity contribution in [2.24, 2.45) is 0 Å². The molecule has 90 valence electrons. The van der Waals surface area contributed by atoms with Gasteiger partial charge in [-0.1, -0.05) is 25.6 Å². The van der Waals surface area contributed by atoms with Gasteiger partial charge in [0, 0.05) is 23.1 Å². The van der Waals surface area contributed by atoms with E-state index in [1.807, 2.05) is 6.92 Å². The molecule has 16 heavy (non-hydrogen) atoms. The third kappa shape index (κ3) is 3.98. The average Bonchev–Trinajstić information content (AvgIpc) is 2.16. The Balaban J connectivity index is 2.69. The Morgan fingerprint density at radius 2 is 2.25 bits per heavy atom. The van der Waals surface area contributed by atoms with Crippen LogP contribution in [-0.2, 0) is 0 Å². The molecule has 2 unspecified atom stereocenters. The maximum atomic E-state index is 11.3. The molecule has 0 fully saturated rings. The highest BCUT2D eigenvalue weighted by atomic mass is 32.2. The van der Waals surface area contributed by atoms with Gasteiger partial charge in [0.1, 0.15) is 0 Å². The first kappa shape index (κ1) is 13.3. The number of H-pyrrole nitrogens is 1. The molecule has 2 atom stereocenters. The van der Waals surface area contributed by atoms with E-state index < -0.39 is 0 Å². The maximum Gasteiger partial charge on any atom is 0.251 e. The van der Waals surface area contributed by atoms with Crippen LogP contribution in [0.3, 0.4) is 0 Å². The molecule has 0 aliphatic heterocycles. The van der Waals surface area contributed by atoms with Gasteiger partial charge in [0.25, 0.3) is 5.56 Å². The van der Waals surface area contributed by atoms with Crippen LogP contribution in [0.2, 0.25) is 0 Å². The summed E-state index contributed by atoms with van der Waals surface area (Å²) in [7, 11) is 0. The van der Waals surface area contributed by atoms with Gasteiger partial charge in [0.05, 0.1) is 0 Å². The fraction of sp³-hybridized carbons (Fsp3) is 0.636. The summed E-state index contributed by atoms with van der Waals surface area (Å²) in [5, 5.41) is 4.42. The van der Waals surface area contributed by atoms with Gasteiger partial charge < -0.3 is 10.3 Å². The Morgan fingerprint density at radius 1 is 1.56 bits per heavy atom. The van der Waals surface area contributed by atoms with E-state index in [-0.39, 0.29) is 5.56 Å². The van der Waals surface area contributed by atoms with Crippen molar-refractivity contribution in [1.29, 1.82) is 0 Å². The number of rotatable bonds is 5. The number of aromatic amines is 1. The van der Waals surface area contributed by atoms with Crippen molar-refractivity contribution in [3.05, 3.63) is 22.1 Å². The van der Waals surface area contributed by atoms with Crippen LogP contribution in [0.4, 0.5) is 0 Å². The second-order valence-electron chi connectivity index (χ2n) is 3.86. The standard InChI is InChI=1S/C11H19N3OS/c1-5-12-8(3)9(4)16-11-13-7(2)6-10(15)14-11/h6,8-9,12H,5H2,1-4H3,(H,13,14,15). The van der Waals surface area contributed by atoms with E-state index in [4.69, 9.17) is 0 Å². The van der Waals surface area contributed by atoms with Gasteiger partial charge in [0.15, 0.2) is 5.16 Å². The molecule has 1 aromatic rings. The van der Waals surface area contributed by atoms with Crippen LogP contribution < -0.4 is 10.9 Å². The van der Waals surface area contributed by atoms with Gasteiger partial charge >= 0.3 is 0 Å². The molecule has 0 spiro atoms. The Hall–Kier alpha value is -0.810. The number of thioether (sulfide) groups is 1. The average molecular weight is 241 g/mol. The van der Waals surface area contributed by atoms with Crippen molar-refractivity contribution in [3.8, 4) is 0 Å². The zero-order valence-electron chi connectivity index (χ0n) is 10.2. The SMILES string of the molecule is CCNC(C)C(C)Sc1nc(C)cc(=O)[nH]1. The topological polar surface area (TPSA) is 57.8 Å². The zero-order valence-corrected chi connectivity index (χ0v) is 11.0. The number of nitrogens with zero attached hydrogens (tertiary/aromatic N) is 1. The smallest absolute Gasteiger partial charge is 0.251 e. The molecule has 2 N–H and O–H groups in total. The summed E-state index contributed by atoms with van der Waals surface area (Å²) in [6, 6.07) is 1.89. The summed E-state index contributed by atoms with van der Waals surface area (Å²) in [5.74, 6) is 0. The molecular weight excluding hydrogens is 222 g/mol. The van der Waals surface area contributed by atoms with Crippen LogP contribution >= 0.6 is 11.8 Å². The first-order valence-corrected chi connectivity index (χ1v) is 6.39. The lowest BCUT2D eigenvalue weighted by atomic mass is 10.2. The molecule has 1 heterocycles. The third-order valence-corrected chi connectivity index (χ3v) is 3.57. The molecule has 0 bridgehead atoms. The number of nitrogens with one attached hydrogen (secondary N) is 2. The van der Waals surface area contributed by atoms with Crippen molar-refractivity contribution >= 4 is 11.8 Å². The summed E-state index contributed by atoms with van der Waals surface area (Å²) in [6.07, 6.45) is 0. The van der Waals surface area contributed by atoms with E-state index in [1.165, 1.54) is 6.07 Å². The lowest BCUT2D eigenvalue weighted by molar-refractivity contribution is 0.562. The minimum absolute atomic E-state index is 0.0849. The molecule has 5 heteroatoms. The molecule has 0 saturated heterocycles. The minimum Gasteiger partial charge on any atom is -0.313 e.